The van der Waals surface area contributed by atoms with Crippen LogP contribution >= 0.6 is 11.8 Å². The van der Waals surface area contributed by atoms with Crippen molar-refractivity contribution >= 4 is 11.8 Å². The van der Waals surface area contributed by atoms with Crippen LogP contribution in [0, 0.1) is 11.6 Å². The van der Waals surface area contributed by atoms with E-state index in [1.54, 1.807) is 24.3 Å². The fourth-order valence-electron chi connectivity index (χ4n) is 1.77. The maximum Gasteiger partial charge on any atom is 0.131 e. The Morgan fingerprint density at radius 3 is 2.65 bits per heavy atom. The van der Waals surface area contributed by atoms with Gasteiger partial charge in [-0.3, -0.25) is 0 Å². The molecule has 0 aliphatic rings. The van der Waals surface area contributed by atoms with Gasteiger partial charge in [0.25, 0.3) is 0 Å². The number of hydrogen-bond acceptors (Lipinski definition) is 3. The molecule has 2 nitrogen and oxygen atoms in total. The molecule has 0 amide bonds. The lowest BCUT2D eigenvalue weighted by atomic mass is 10.1. The van der Waals surface area contributed by atoms with E-state index in [-0.39, 0.29) is 5.82 Å². The normalized spacial score (nSPS) is 12.2. The lowest BCUT2D eigenvalue weighted by molar-refractivity contribution is 0.410. The highest BCUT2D eigenvalue weighted by Crippen LogP contribution is 2.26. The van der Waals surface area contributed by atoms with Crippen molar-refractivity contribution in [1.82, 2.24) is 0 Å². The summed E-state index contributed by atoms with van der Waals surface area (Å²) in [7, 11) is 1.48. The standard InChI is InChI=1S/C15H15F2NOS/c1-19-11-5-6-13(14(17)8-11)15(18)9-20-12-4-2-3-10(16)7-12/h2-8,15H,9,18H2,1H3. The molecule has 0 heterocycles. The predicted molar refractivity (Wildman–Crippen MR) is 77.0 cm³/mol. The van der Waals surface area contributed by atoms with Crippen LogP contribution in [0.5, 0.6) is 5.75 Å². The zero-order chi connectivity index (χ0) is 14.5. The van der Waals surface area contributed by atoms with Gasteiger partial charge < -0.3 is 10.5 Å². The summed E-state index contributed by atoms with van der Waals surface area (Å²) in [5.74, 6) is 0.235. The van der Waals surface area contributed by atoms with Crippen molar-refractivity contribution in [1.29, 1.82) is 0 Å². The summed E-state index contributed by atoms with van der Waals surface area (Å²) in [6.45, 7) is 0. The van der Waals surface area contributed by atoms with Crippen LogP contribution in [0.2, 0.25) is 0 Å². The van der Waals surface area contributed by atoms with Crippen molar-refractivity contribution in [2.75, 3.05) is 12.9 Å². The van der Waals surface area contributed by atoms with E-state index < -0.39 is 11.9 Å². The van der Waals surface area contributed by atoms with Gasteiger partial charge in [0.15, 0.2) is 0 Å². The molecule has 5 heteroatoms. The maximum atomic E-state index is 13.8. The predicted octanol–water partition coefficient (Wildman–Crippen LogP) is 3.77. The van der Waals surface area contributed by atoms with E-state index in [0.29, 0.717) is 17.1 Å². The van der Waals surface area contributed by atoms with Crippen molar-refractivity contribution in [3.05, 3.63) is 59.7 Å². The molecule has 2 aromatic carbocycles. The fourth-order valence-corrected chi connectivity index (χ4v) is 2.69. The second kappa shape index (κ2) is 6.72. The van der Waals surface area contributed by atoms with Crippen LogP contribution in [0.1, 0.15) is 11.6 Å². The fraction of sp³-hybridized carbons (Fsp3) is 0.200. The largest absolute Gasteiger partial charge is 0.497 e. The summed E-state index contributed by atoms with van der Waals surface area (Å²) in [5, 5.41) is 0. The molecule has 20 heavy (non-hydrogen) atoms. The maximum absolute atomic E-state index is 13.8. The van der Waals surface area contributed by atoms with Gasteiger partial charge in [-0.1, -0.05) is 12.1 Å². The quantitative estimate of drug-likeness (QED) is 0.853. The molecule has 0 spiro atoms. The highest BCUT2D eigenvalue weighted by molar-refractivity contribution is 7.99. The molecular formula is C15H15F2NOS. The molecule has 0 aliphatic heterocycles. The third-order valence-corrected chi connectivity index (χ3v) is 3.95. The Bertz CT molecular complexity index is 592. The lowest BCUT2D eigenvalue weighted by Gasteiger charge is -2.13. The van der Waals surface area contributed by atoms with Crippen LogP contribution in [-0.4, -0.2) is 12.9 Å². The van der Waals surface area contributed by atoms with E-state index in [0.717, 1.165) is 4.90 Å². The molecule has 0 aromatic heterocycles. The van der Waals surface area contributed by atoms with Crippen LogP contribution in [0.3, 0.4) is 0 Å². The molecule has 1 unspecified atom stereocenters. The van der Waals surface area contributed by atoms with E-state index in [9.17, 15) is 8.78 Å². The van der Waals surface area contributed by atoms with Gasteiger partial charge in [-0.15, -0.1) is 11.8 Å². The Hall–Kier alpha value is -1.59. The van der Waals surface area contributed by atoms with Gasteiger partial charge in [0.05, 0.1) is 7.11 Å². The van der Waals surface area contributed by atoms with E-state index >= 15 is 0 Å². The van der Waals surface area contributed by atoms with E-state index in [1.807, 2.05) is 0 Å². The molecule has 0 bridgehead atoms. The Morgan fingerprint density at radius 1 is 1.20 bits per heavy atom. The minimum atomic E-state index is -0.464. The molecule has 0 fully saturated rings. The molecule has 0 saturated carbocycles. The van der Waals surface area contributed by atoms with Gasteiger partial charge >= 0.3 is 0 Å². The molecule has 2 N–H and O–H groups in total. The van der Waals surface area contributed by atoms with Gasteiger partial charge in [-0.2, -0.15) is 0 Å². The third-order valence-electron chi connectivity index (χ3n) is 2.83. The van der Waals surface area contributed by atoms with Crippen molar-refractivity contribution in [3.63, 3.8) is 0 Å². The Morgan fingerprint density at radius 2 is 2.00 bits per heavy atom. The second-order valence-electron chi connectivity index (χ2n) is 4.26. The molecule has 2 rings (SSSR count). The monoisotopic (exact) mass is 295 g/mol. The van der Waals surface area contributed by atoms with Crippen molar-refractivity contribution in [2.24, 2.45) is 5.73 Å². The number of thioether (sulfide) groups is 1. The van der Waals surface area contributed by atoms with Gasteiger partial charge in [-0.05, 0) is 24.3 Å². The summed E-state index contributed by atoms with van der Waals surface area (Å²) in [4.78, 5) is 0.773. The zero-order valence-corrected chi connectivity index (χ0v) is 11.8. The number of methoxy groups -OCH3 is 1. The van der Waals surface area contributed by atoms with Gasteiger partial charge in [0.1, 0.15) is 17.4 Å². The number of rotatable bonds is 5. The number of nitrogens with two attached hydrogens (primary N) is 1. The van der Waals surface area contributed by atoms with Crippen molar-refractivity contribution in [2.45, 2.75) is 10.9 Å². The summed E-state index contributed by atoms with van der Waals surface area (Å²) in [6, 6.07) is 10.4. The van der Waals surface area contributed by atoms with Crippen LogP contribution in [0.4, 0.5) is 8.78 Å². The average molecular weight is 295 g/mol. The smallest absolute Gasteiger partial charge is 0.131 e. The second-order valence-corrected chi connectivity index (χ2v) is 5.36. The topological polar surface area (TPSA) is 35.2 Å². The highest BCUT2D eigenvalue weighted by Gasteiger charge is 2.13. The van der Waals surface area contributed by atoms with Gasteiger partial charge in [0, 0.05) is 28.3 Å². The molecule has 0 radical (unpaired) electrons. The number of ether oxygens (including phenoxy) is 1. The first-order valence-electron chi connectivity index (χ1n) is 6.07. The Labute approximate surface area is 120 Å². The number of hydrogen-bond donors (Lipinski definition) is 1. The van der Waals surface area contributed by atoms with Crippen molar-refractivity contribution in [3.8, 4) is 5.75 Å². The van der Waals surface area contributed by atoms with Gasteiger partial charge in [0.2, 0.25) is 0 Å². The summed E-state index contributed by atoms with van der Waals surface area (Å²) in [6.07, 6.45) is 0. The van der Waals surface area contributed by atoms with Crippen LogP contribution < -0.4 is 10.5 Å². The van der Waals surface area contributed by atoms with Gasteiger partial charge in [-0.25, -0.2) is 8.78 Å². The first-order chi connectivity index (χ1) is 9.60. The molecule has 0 aliphatic carbocycles. The summed E-state index contributed by atoms with van der Waals surface area (Å²) in [5.41, 5.74) is 6.40. The SMILES string of the molecule is COc1ccc(C(N)CSc2cccc(F)c2)c(F)c1. The average Bonchev–Trinajstić information content (AvgIpc) is 2.44. The van der Waals surface area contributed by atoms with Crippen LogP contribution in [-0.2, 0) is 0 Å². The molecular weight excluding hydrogens is 280 g/mol. The van der Waals surface area contributed by atoms with Crippen LogP contribution in [0.15, 0.2) is 47.4 Å². The Balaban J connectivity index is 2.03. The lowest BCUT2D eigenvalue weighted by Crippen LogP contribution is -2.14. The zero-order valence-electron chi connectivity index (χ0n) is 11.0. The summed E-state index contributed by atoms with van der Waals surface area (Å²) < 4.78 is 31.8. The Kier molecular flexibility index (Phi) is 4.98. The number of benzene rings is 2. The van der Waals surface area contributed by atoms with E-state index in [4.69, 9.17) is 10.5 Å². The molecule has 2 aromatic rings. The van der Waals surface area contributed by atoms with Crippen LogP contribution in [0.25, 0.3) is 0 Å². The molecule has 0 saturated heterocycles. The first kappa shape index (κ1) is 14.8. The first-order valence-corrected chi connectivity index (χ1v) is 7.06. The molecule has 106 valence electrons. The molecule has 1 atom stereocenters. The third kappa shape index (κ3) is 3.71. The van der Waals surface area contributed by atoms with E-state index in [1.165, 1.54) is 37.1 Å². The minimum absolute atomic E-state index is 0.292. The van der Waals surface area contributed by atoms with Crippen molar-refractivity contribution < 1.29 is 13.5 Å². The number of halogens is 2. The summed E-state index contributed by atoms with van der Waals surface area (Å²) >= 11 is 1.39. The highest BCUT2D eigenvalue weighted by atomic mass is 32.2. The van der Waals surface area contributed by atoms with E-state index in [2.05, 4.69) is 0 Å². The minimum Gasteiger partial charge on any atom is -0.497 e.